The third-order valence-electron chi connectivity index (χ3n) is 2.49. The first kappa shape index (κ1) is 13.1. The van der Waals surface area contributed by atoms with Crippen LogP contribution in [0.5, 0.6) is 0 Å². The Bertz CT molecular complexity index is 585. The van der Waals surface area contributed by atoms with Crippen molar-refractivity contribution in [1.29, 1.82) is 0 Å². The Balaban J connectivity index is 2.13. The zero-order valence-electron chi connectivity index (χ0n) is 9.36. The fourth-order valence-electron chi connectivity index (χ4n) is 1.70. The van der Waals surface area contributed by atoms with Gasteiger partial charge in [-0.25, -0.2) is 9.18 Å². The van der Waals surface area contributed by atoms with Gasteiger partial charge in [-0.3, -0.25) is 4.68 Å². The molecule has 0 unspecified atom stereocenters. The number of benzene rings is 1. The van der Waals surface area contributed by atoms with Crippen molar-refractivity contribution >= 4 is 39.6 Å². The van der Waals surface area contributed by atoms with Crippen molar-refractivity contribution in [3.8, 4) is 0 Å². The van der Waals surface area contributed by atoms with Crippen molar-refractivity contribution in [2.75, 3.05) is 6.54 Å². The SMILES string of the molecule is O=C(O)NCCCn1nc(I)c2ccc(F)cc21. The van der Waals surface area contributed by atoms with Crippen LogP contribution in [0.2, 0.25) is 0 Å². The van der Waals surface area contributed by atoms with Crippen LogP contribution < -0.4 is 5.32 Å². The molecule has 96 valence electrons. The van der Waals surface area contributed by atoms with E-state index in [1.165, 1.54) is 12.1 Å². The summed E-state index contributed by atoms with van der Waals surface area (Å²) in [5.41, 5.74) is 0.731. The number of hydrogen-bond donors (Lipinski definition) is 2. The van der Waals surface area contributed by atoms with Gasteiger partial charge in [0.05, 0.1) is 5.52 Å². The number of nitrogens with one attached hydrogen (secondary N) is 1. The van der Waals surface area contributed by atoms with Crippen LogP contribution >= 0.6 is 22.6 Å². The van der Waals surface area contributed by atoms with Gasteiger partial charge in [0, 0.05) is 18.5 Å². The van der Waals surface area contributed by atoms with Crippen molar-refractivity contribution in [1.82, 2.24) is 15.1 Å². The molecule has 1 aromatic carbocycles. The number of carbonyl (C=O) groups is 1. The van der Waals surface area contributed by atoms with E-state index in [1.807, 2.05) is 0 Å². The van der Waals surface area contributed by atoms with E-state index >= 15 is 0 Å². The lowest BCUT2D eigenvalue weighted by atomic mass is 10.2. The molecule has 0 saturated heterocycles. The summed E-state index contributed by atoms with van der Waals surface area (Å²) < 4.78 is 15.7. The van der Waals surface area contributed by atoms with E-state index in [1.54, 1.807) is 10.7 Å². The molecule has 0 saturated carbocycles. The minimum absolute atomic E-state index is 0.302. The number of hydrogen-bond acceptors (Lipinski definition) is 2. The predicted octanol–water partition coefficient (Wildman–Crippen LogP) is 2.44. The Morgan fingerprint density at radius 1 is 1.56 bits per heavy atom. The summed E-state index contributed by atoms with van der Waals surface area (Å²) in [7, 11) is 0. The molecule has 0 atom stereocenters. The van der Waals surface area contributed by atoms with Gasteiger partial charge in [-0.2, -0.15) is 5.10 Å². The van der Waals surface area contributed by atoms with Crippen molar-refractivity contribution in [3.05, 3.63) is 27.7 Å². The number of amides is 1. The zero-order chi connectivity index (χ0) is 13.1. The Kier molecular flexibility index (Phi) is 4.00. The largest absolute Gasteiger partial charge is 0.465 e. The Hall–Kier alpha value is -1.38. The molecule has 0 aliphatic carbocycles. The minimum Gasteiger partial charge on any atom is -0.465 e. The fourth-order valence-corrected chi connectivity index (χ4v) is 2.42. The first-order chi connectivity index (χ1) is 8.58. The van der Waals surface area contributed by atoms with E-state index in [-0.39, 0.29) is 5.82 Å². The summed E-state index contributed by atoms with van der Waals surface area (Å²) in [6, 6.07) is 4.54. The van der Waals surface area contributed by atoms with Gasteiger partial charge >= 0.3 is 6.09 Å². The van der Waals surface area contributed by atoms with Gasteiger partial charge in [0.15, 0.2) is 0 Å². The summed E-state index contributed by atoms with van der Waals surface area (Å²) in [4.78, 5) is 10.3. The highest BCUT2D eigenvalue weighted by molar-refractivity contribution is 14.1. The van der Waals surface area contributed by atoms with Crippen LogP contribution in [0.4, 0.5) is 9.18 Å². The highest BCUT2D eigenvalue weighted by atomic mass is 127. The average Bonchev–Trinajstić information content (AvgIpc) is 2.61. The topological polar surface area (TPSA) is 67.2 Å². The number of halogens is 2. The van der Waals surface area contributed by atoms with Gasteiger partial charge in [-0.1, -0.05) is 0 Å². The smallest absolute Gasteiger partial charge is 0.404 e. The number of aryl methyl sites for hydroxylation is 1. The van der Waals surface area contributed by atoms with Gasteiger partial charge in [0.25, 0.3) is 0 Å². The fraction of sp³-hybridized carbons (Fsp3) is 0.273. The molecule has 0 bridgehead atoms. The van der Waals surface area contributed by atoms with Crippen molar-refractivity contribution in [2.24, 2.45) is 0 Å². The molecule has 7 heteroatoms. The van der Waals surface area contributed by atoms with E-state index in [0.29, 0.717) is 19.5 Å². The number of fused-ring (bicyclic) bond motifs is 1. The zero-order valence-corrected chi connectivity index (χ0v) is 11.5. The molecule has 5 nitrogen and oxygen atoms in total. The molecule has 2 rings (SSSR count). The van der Waals surface area contributed by atoms with Crippen LogP contribution in [-0.4, -0.2) is 27.5 Å². The molecule has 1 heterocycles. The highest BCUT2D eigenvalue weighted by Crippen LogP contribution is 2.21. The monoisotopic (exact) mass is 363 g/mol. The predicted molar refractivity (Wildman–Crippen MR) is 73.1 cm³/mol. The second-order valence-electron chi connectivity index (χ2n) is 3.76. The van der Waals surface area contributed by atoms with Crippen molar-refractivity contribution in [3.63, 3.8) is 0 Å². The van der Waals surface area contributed by atoms with Gasteiger partial charge < -0.3 is 10.4 Å². The molecule has 1 amide bonds. The molecular weight excluding hydrogens is 352 g/mol. The van der Waals surface area contributed by atoms with Crippen LogP contribution in [0, 0.1) is 9.52 Å². The minimum atomic E-state index is -1.04. The van der Waals surface area contributed by atoms with Gasteiger partial charge in [0.1, 0.15) is 9.52 Å². The van der Waals surface area contributed by atoms with Gasteiger partial charge in [-0.05, 0) is 47.2 Å². The molecule has 0 aliphatic rings. The lowest BCUT2D eigenvalue weighted by Crippen LogP contribution is -2.23. The third kappa shape index (κ3) is 2.89. The lowest BCUT2D eigenvalue weighted by molar-refractivity contribution is 0.194. The molecule has 18 heavy (non-hydrogen) atoms. The van der Waals surface area contributed by atoms with Gasteiger partial charge in [-0.15, -0.1) is 0 Å². The van der Waals surface area contributed by atoms with Crippen LogP contribution in [0.15, 0.2) is 18.2 Å². The maximum absolute atomic E-state index is 13.2. The highest BCUT2D eigenvalue weighted by Gasteiger charge is 2.08. The van der Waals surface area contributed by atoms with Crippen LogP contribution in [-0.2, 0) is 6.54 Å². The molecule has 0 radical (unpaired) electrons. The van der Waals surface area contributed by atoms with Crippen molar-refractivity contribution in [2.45, 2.75) is 13.0 Å². The summed E-state index contributed by atoms with van der Waals surface area (Å²) >= 11 is 2.10. The van der Waals surface area contributed by atoms with E-state index in [9.17, 15) is 9.18 Å². The third-order valence-corrected chi connectivity index (χ3v) is 3.29. The lowest BCUT2D eigenvalue weighted by Gasteiger charge is -2.03. The summed E-state index contributed by atoms with van der Waals surface area (Å²) in [6.45, 7) is 0.895. The Labute approximate surface area is 116 Å². The number of rotatable bonds is 4. The second-order valence-corrected chi connectivity index (χ2v) is 4.78. The van der Waals surface area contributed by atoms with E-state index < -0.39 is 6.09 Å². The van der Waals surface area contributed by atoms with Crippen molar-refractivity contribution < 1.29 is 14.3 Å². The first-order valence-electron chi connectivity index (χ1n) is 5.36. The van der Waals surface area contributed by atoms with Crippen LogP contribution in [0.3, 0.4) is 0 Å². The number of nitrogens with zero attached hydrogens (tertiary/aromatic N) is 2. The van der Waals surface area contributed by atoms with Gasteiger partial charge in [0.2, 0.25) is 0 Å². The van der Waals surface area contributed by atoms with Crippen LogP contribution in [0.1, 0.15) is 6.42 Å². The summed E-state index contributed by atoms with van der Waals surface area (Å²) in [5.74, 6) is -0.302. The maximum Gasteiger partial charge on any atom is 0.404 e. The summed E-state index contributed by atoms with van der Waals surface area (Å²) in [5, 5.41) is 15.9. The molecule has 0 aliphatic heterocycles. The number of aromatic nitrogens is 2. The quantitative estimate of drug-likeness (QED) is 0.648. The molecule has 2 aromatic rings. The molecule has 0 spiro atoms. The first-order valence-corrected chi connectivity index (χ1v) is 6.44. The van der Waals surface area contributed by atoms with E-state index in [4.69, 9.17) is 5.11 Å². The summed E-state index contributed by atoms with van der Waals surface area (Å²) in [6.07, 6.45) is -0.434. The molecule has 1 aromatic heterocycles. The van der Waals surface area contributed by atoms with Crippen LogP contribution in [0.25, 0.3) is 10.9 Å². The van der Waals surface area contributed by atoms with E-state index in [0.717, 1.165) is 14.6 Å². The number of carboxylic acid groups (broad SMARTS) is 1. The second kappa shape index (κ2) is 5.51. The standard InChI is InChI=1S/C11H11FIN3O2/c12-7-2-3-8-9(6-7)16(15-10(8)13)5-1-4-14-11(17)18/h2-3,6,14H,1,4-5H2,(H,17,18). The molecule has 2 N–H and O–H groups in total. The normalized spacial score (nSPS) is 10.8. The maximum atomic E-state index is 13.2. The average molecular weight is 363 g/mol. The van der Waals surface area contributed by atoms with E-state index in [2.05, 4.69) is 33.0 Å². The Morgan fingerprint density at radius 3 is 3.06 bits per heavy atom. The molecule has 0 fully saturated rings. The Morgan fingerprint density at radius 2 is 2.33 bits per heavy atom. The molecular formula is C11H11FIN3O2.